The van der Waals surface area contributed by atoms with Crippen LogP contribution in [0, 0.1) is 5.82 Å². The van der Waals surface area contributed by atoms with Crippen LogP contribution in [0.3, 0.4) is 0 Å². The molecule has 0 saturated heterocycles. The molecule has 0 fully saturated rings. The summed E-state index contributed by atoms with van der Waals surface area (Å²) in [5, 5.41) is 13.6. The number of fused-ring (bicyclic) bond motifs is 1. The molecular weight excluding hydrogens is 369 g/mol. The van der Waals surface area contributed by atoms with Gasteiger partial charge < -0.3 is 19.9 Å². The molecule has 0 spiro atoms. The largest absolute Gasteiger partial charge is 0.497 e. The van der Waals surface area contributed by atoms with E-state index in [-0.39, 0.29) is 24.8 Å². The van der Waals surface area contributed by atoms with Gasteiger partial charge in [0.25, 0.3) is 0 Å². The Morgan fingerprint density at radius 1 is 1.15 bits per heavy atom. The molecule has 1 aliphatic carbocycles. The SMILES string of the molecule is COc1ccc2c(c1)CC(NC[C@H](O)COc1ccc(F)cc1)CCC2.Cl. The summed E-state index contributed by atoms with van der Waals surface area (Å²) in [7, 11) is 1.69. The van der Waals surface area contributed by atoms with E-state index in [0.29, 0.717) is 18.3 Å². The monoisotopic (exact) mass is 395 g/mol. The second-order valence-electron chi connectivity index (χ2n) is 6.75. The Kier molecular flexibility index (Phi) is 8.35. The van der Waals surface area contributed by atoms with Crippen LogP contribution in [0.25, 0.3) is 0 Å². The lowest BCUT2D eigenvalue weighted by Crippen LogP contribution is -2.39. The lowest BCUT2D eigenvalue weighted by Gasteiger charge is -2.20. The zero-order valence-electron chi connectivity index (χ0n) is 15.5. The highest BCUT2D eigenvalue weighted by molar-refractivity contribution is 5.85. The van der Waals surface area contributed by atoms with Crippen LogP contribution in [-0.2, 0) is 12.8 Å². The third kappa shape index (κ3) is 6.38. The van der Waals surface area contributed by atoms with Gasteiger partial charge in [-0.15, -0.1) is 12.4 Å². The van der Waals surface area contributed by atoms with E-state index < -0.39 is 6.10 Å². The number of benzene rings is 2. The molecule has 2 aromatic carbocycles. The van der Waals surface area contributed by atoms with Gasteiger partial charge in [-0.2, -0.15) is 0 Å². The summed E-state index contributed by atoms with van der Waals surface area (Å²) in [5.74, 6) is 1.14. The van der Waals surface area contributed by atoms with Crippen LogP contribution in [0.1, 0.15) is 24.0 Å². The summed E-state index contributed by atoms with van der Waals surface area (Å²) >= 11 is 0. The van der Waals surface area contributed by atoms with E-state index in [2.05, 4.69) is 17.4 Å². The molecular formula is C21H27ClFNO3. The van der Waals surface area contributed by atoms with E-state index in [0.717, 1.165) is 31.4 Å². The highest BCUT2D eigenvalue weighted by Crippen LogP contribution is 2.25. The normalized spacial score (nSPS) is 17.2. The van der Waals surface area contributed by atoms with Crippen LogP contribution in [0.2, 0.25) is 0 Å². The standard InChI is InChI=1S/C21H26FNO3.ClH/c1-25-21-8-5-15-3-2-4-18(11-16(15)12-21)23-13-19(24)14-26-20-9-6-17(22)7-10-20;/h5-10,12,18-19,23-24H,2-4,11,13-14H2,1H3;1H/t18?,19-;/m0./s1. The molecule has 0 amide bonds. The number of hydrogen-bond donors (Lipinski definition) is 2. The number of aliphatic hydroxyl groups excluding tert-OH is 1. The van der Waals surface area contributed by atoms with Crippen molar-refractivity contribution in [1.82, 2.24) is 5.32 Å². The first-order chi connectivity index (χ1) is 12.6. The first kappa shape index (κ1) is 21.5. The summed E-state index contributed by atoms with van der Waals surface area (Å²) in [6.07, 6.45) is 3.58. The smallest absolute Gasteiger partial charge is 0.123 e. The number of ether oxygens (including phenoxy) is 2. The van der Waals surface area contributed by atoms with Crippen molar-refractivity contribution in [1.29, 1.82) is 0 Å². The molecule has 4 nitrogen and oxygen atoms in total. The van der Waals surface area contributed by atoms with E-state index in [9.17, 15) is 9.50 Å². The molecule has 2 atom stereocenters. The highest BCUT2D eigenvalue weighted by atomic mass is 35.5. The zero-order chi connectivity index (χ0) is 18.4. The minimum atomic E-state index is -0.618. The van der Waals surface area contributed by atoms with Crippen molar-refractivity contribution >= 4 is 12.4 Å². The molecule has 0 bridgehead atoms. The minimum absolute atomic E-state index is 0. The summed E-state index contributed by atoms with van der Waals surface area (Å²) < 4.78 is 23.7. The summed E-state index contributed by atoms with van der Waals surface area (Å²) in [4.78, 5) is 0. The van der Waals surface area contributed by atoms with E-state index in [4.69, 9.17) is 9.47 Å². The van der Waals surface area contributed by atoms with Crippen molar-refractivity contribution < 1.29 is 19.0 Å². The first-order valence-corrected chi connectivity index (χ1v) is 9.09. The number of aryl methyl sites for hydroxylation is 1. The number of aliphatic hydroxyl groups is 1. The van der Waals surface area contributed by atoms with Gasteiger partial charge in [0.2, 0.25) is 0 Å². The predicted molar refractivity (Wildman–Crippen MR) is 107 cm³/mol. The molecule has 148 valence electrons. The number of nitrogens with one attached hydrogen (secondary N) is 1. The maximum atomic E-state index is 12.9. The Hall–Kier alpha value is -1.82. The van der Waals surface area contributed by atoms with E-state index in [1.165, 1.54) is 23.3 Å². The summed E-state index contributed by atoms with van der Waals surface area (Å²) in [6.45, 7) is 0.640. The molecule has 3 rings (SSSR count). The second-order valence-corrected chi connectivity index (χ2v) is 6.75. The zero-order valence-corrected chi connectivity index (χ0v) is 16.3. The molecule has 0 heterocycles. The number of hydrogen-bond acceptors (Lipinski definition) is 4. The van der Waals surface area contributed by atoms with Gasteiger partial charge in [-0.05, 0) is 73.2 Å². The Morgan fingerprint density at radius 3 is 2.63 bits per heavy atom. The van der Waals surface area contributed by atoms with Crippen LogP contribution < -0.4 is 14.8 Å². The van der Waals surface area contributed by atoms with Crippen molar-refractivity contribution in [3.63, 3.8) is 0 Å². The summed E-state index contributed by atoms with van der Waals surface area (Å²) in [6, 6.07) is 12.4. The number of methoxy groups -OCH3 is 1. The van der Waals surface area contributed by atoms with E-state index >= 15 is 0 Å². The van der Waals surface area contributed by atoms with E-state index in [1.807, 2.05) is 6.07 Å². The number of rotatable bonds is 7. The van der Waals surface area contributed by atoms with Gasteiger partial charge in [0.1, 0.15) is 30.0 Å². The van der Waals surface area contributed by atoms with Crippen molar-refractivity contribution in [3.05, 3.63) is 59.4 Å². The Bertz CT molecular complexity index is 711. The van der Waals surface area contributed by atoms with Crippen LogP contribution >= 0.6 is 12.4 Å². The molecule has 2 N–H and O–H groups in total. The topological polar surface area (TPSA) is 50.7 Å². The van der Waals surface area contributed by atoms with Crippen molar-refractivity contribution in [3.8, 4) is 11.5 Å². The van der Waals surface area contributed by atoms with Crippen molar-refractivity contribution in [2.45, 2.75) is 37.8 Å². The van der Waals surface area contributed by atoms with Gasteiger partial charge in [-0.1, -0.05) is 6.07 Å². The molecule has 0 radical (unpaired) electrons. The van der Waals surface area contributed by atoms with Crippen molar-refractivity contribution in [2.24, 2.45) is 0 Å². The molecule has 0 saturated carbocycles. The molecule has 0 aromatic heterocycles. The number of halogens is 2. The fraction of sp³-hybridized carbons (Fsp3) is 0.429. The van der Waals surface area contributed by atoms with Crippen molar-refractivity contribution in [2.75, 3.05) is 20.3 Å². The van der Waals surface area contributed by atoms with Gasteiger partial charge in [-0.25, -0.2) is 4.39 Å². The minimum Gasteiger partial charge on any atom is -0.497 e. The van der Waals surface area contributed by atoms with Crippen LogP contribution in [-0.4, -0.2) is 37.5 Å². The third-order valence-electron chi connectivity index (χ3n) is 4.78. The molecule has 2 aromatic rings. The van der Waals surface area contributed by atoms with E-state index in [1.54, 1.807) is 19.2 Å². The Labute approximate surface area is 166 Å². The van der Waals surface area contributed by atoms with Crippen LogP contribution in [0.4, 0.5) is 4.39 Å². The third-order valence-corrected chi connectivity index (χ3v) is 4.78. The van der Waals surface area contributed by atoms with Gasteiger partial charge in [0.05, 0.1) is 7.11 Å². The molecule has 27 heavy (non-hydrogen) atoms. The lowest BCUT2D eigenvalue weighted by molar-refractivity contribution is 0.103. The van der Waals surface area contributed by atoms with Gasteiger partial charge in [0.15, 0.2) is 0 Å². The molecule has 0 aliphatic heterocycles. The first-order valence-electron chi connectivity index (χ1n) is 9.09. The molecule has 1 aliphatic rings. The van der Waals surface area contributed by atoms with Crippen LogP contribution in [0.15, 0.2) is 42.5 Å². The Morgan fingerprint density at radius 2 is 1.89 bits per heavy atom. The second kappa shape index (κ2) is 10.5. The average molecular weight is 396 g/mol. The summed E-state index contributed by atoms with van der Waals surface area (Å²) in [5.41, 5.74) is 2.70. The van der Waals surface area contributed by atoms with Gasteiger partial charge in [0, 0.05) is 12.6 Å². The fourth-order valence-electron chi connectivity index (χ4n) is 3.33. The quantitative estimate of drug-likeness (QED) is 0.704. The lowest BCUT2D eigenvalue weighted by atomic mass is 10.0. The maximum absolute atomic E-state index is 12.9. The Balaban J connectivity index is 0.00000261. The molecule has 6 heteroatoms. The van der Waals surface area contributed by atoms with Crippen LogP contribution in [0.5, 0.6) is 11.5 Å². The highest BCUT2D eigenvalue weighted by Gasteiger charge is 2.18. The average Bonchev–Trinajstić information content (AvgIpc) is 2.87. The fourth-order valence-corrected chi connectivity index (χ4v) is 3.33. The molecule has 1 unspecified atom stereocenters. The maximum Gasteiger partial charge on any atom is 0.123 e. The predicted octanol–water partition coefficient (Wildman–Crippen LogP) is 3.53. The van der Waals surface area contributed by atoms with Gasteiger partial charge in [-0.3, -0.25) is 0 Å². The van der Waals surface area contributed by atoms with Gasteiger partial charge >= 0.3 is 0 Å².